The Bertz CT molecular complexity index is 863. The van der Waals surface area contributed by atoms with E-state index in [1.165, 1.54) is 6.07 Å². The number of hydrogen-bond acceptors (Lipinski definition) is 3. The van der Waals surface area contributed by atoms with Crippen LogP contribution in [0.2, 0.25) is 0 Å². The Labute approximate surface area is 126 Å². The number of nitrogens with zero attached hydrogens (tertiary/aromatic N) is 2. The van der Waals surface area contributed by atoms with Gasteiger partial charge in [0.15, 0.2) is 11.6 Å². The molecular formula is C17H14F2N2O. The van der Waals surface area contributed by atoms with Crippen molar-refractivity contribution in [2.75, 3.05) is 0 Å². The van der Waals surface area contributed by atoms with Crippen molar-refractivity contribution in [2.45, 2.75) is 19.8 Å². The predicted molar refractivity (Wildman–Crippen MR) is 80.6 cm³/mol. The van der Waals surface area contributed by atoms with Gasteiger partial charge in [-0.15, -0.1) is 10.2 Å². The maximum Gasteiger partial charge on any atom is 0.168 e. The highest BCUT2D eigenvalue weighted by Crippen LogP contribution is 2.35. The second-order valence-corrected chi connectivity index (χ2v) is 5.43. The number of halogens is 2. The van der Waals surface area contributed by atoms with Crippen molar-refractivity contribution in [1.82, 2.24) is 10.2 Å². The first-order chi connectivity index (χ1) is 10.5. The third-order valence-electron chi connectivity index (χ3n) is 3.57. The summed E-state index contributed by atoms with van der Waals surface area (Å²) in [7, 11) is 0. The number of aromatic hydroxyl groups is 1. The molecule has 112 valence electrons. The number of phenols is 1. The Hall–Kier alpha value is -2.56. The van der Waals surface area contributed by atoms with E-state index in [2.05, 4.69) is 10.2 Å². The normalized spacial score (nSPS) is 11.3. The number of benzene rings is 2. The second-order valence-electron chi connectivity index (χ2n) is 5.43. The molecule has 0 unspecified atom stereocenters. The molecule has 0 aliphatic carbocycles. The van der Waals surface area contributed by atoms with Gasteiger partial charge in [-0.3, -0.25) is 0 Å². The molecule has 22 heavy (non-hydrogen) atoms. The fourth-order valence-corrected chi connectivity index (χ4v) is 2.48. The second kappa shape index (κ2) is 5.33. The minimum Gasteiger partial charge on any atom is -0.508 e. The average Bonchev–Trinajstić information content (AvgIpc) is 2.50. The summed E-state index contributed by atoms with van der Waals surface area (Å²) in [5.41, 5.74) is 0.712. The molecule has 0 spiro atoms. The molecule has 1 heterocycles. The van der Waals surface area contributed by atoms with E-state index in [0.29, 0.717) is 5.52 Å². The third-order valence-corrected chi connectivity index (χ3v) is 3.57. The average molecular weight is 300 g/mol. The Kier molecular flexibility index (Phi) is 3.48. The van der Waals surface area contributed by atoms with E-state index in [-0.39, 0.29) is 28.5 Å². The molecule has 0 saturated carbocycles. The van der Waals surface area contributed by atoms with Gasteiger partial charge in [0.1, 0.15) is 5.75 Å². The lowest BCUT2D eigenvalue weighted by molar-refractivity contribution is 0.437. The quantitative estimate of drug-likeness (QED) is 0.762. The molecule has 3 nitrogen and oxygen atoms in total. The molecule has 0 aliphatic heterocycles. The highest BCUT2D eigenvalue weighted by Gasteiger charge is 2.22. The summed E-state index contributed by atoms with van der Waals surface area (Å²) in [4.78, 5) is 0. The van der Waals surface area contributed by atoms with Gasteiger partial charge < -0.3 is 5.11 Å². The lowest BCUT2D eigenvalue weighted by Gasteiger charge is -2.13. The monoisotopic (exact) mass is 300 g/mol. The lowest BCUT2D eigenvalue weighted by Crippen LogP contribution is -2.01. The first-order valence-electron chi connectivity index (χ1n) is 6.92. The van der Waals surface area contributed by atoms with Gasteiger partial charge in [0.05, 0.1) is 11.2 Å². The zero-order valence-electron chi connectivity index (χ0n) is 12.1. The standard InChI is InChI=1S/C17H14F2N2O/c1-9(2)15-14(22)8-11(16(18)17(15)19)13-7-10-5-3-4-6-12(10)20-21-13/h3-9,22H,1-2H3. The summed E-state index contributed by atoms with van der Waals surface area (Å²) < 4.78 is 28.5. The summed E-state index contributed by atoms with van der Waals surface area (Å²) in [6.45, 7) is 3.38. The Balaban J connectivity index is 2.22. The first kappa shape index (κ1) is 14.4. The maximum absolute atomic E-state index is 14.3. The van der Waals surface area contributed by atoms with Gasteiger partial charge in [0.2, 0.25) is 0 Å². The molecular weight excluding hydrogens is 286 g/mol. The first-order valence-corrected chi connectivity index (χ1v) is 6.92. The summed E-state index contributed by atoms with van der Waals surface area (Å²) in [5, 5.41) is 18.7. The van der Waals surface area contributed by atoms with Crippen molar-refractivity contribution < 1.29 is 13.9 Å². The number of aromatic nitrogens is 2. The van der Waals surface area contributed by atoms with Crippen LogP contribution in [-0.4, -0.2) is 15.3 Å². The zero-order chi connectivity index (χ0) is 15.9. The number of hydrogen-bond donors (Lipinski definition) is 1. The third kappa shape index (κ3) is 2.28. The SMILES string of the molecule is CC(C)c1c(O)cc(-c2cc3ccccc3nn2)c(F)c1F. The van der Waals surface area contributed by atoms with Crippen LogP contribution >= 0.6 is 0 Å². The van der Waals surface area contributed by atoms with Crippen molar-refractivity contribution in [3.8, 4) is 17.0 Å². The molecule has 0 radical (unpaired) electrons. The van der Waals surface area contributed by atoms with E-state index in [9.17, 15) is 13.9 Å². The molecule has 0 amide bonds. The summed E-state index contributed by atoms with van der Waals surface area (Å²) in [6.07, 6.45) is 0. The van der Waals surface area contributed by atoms with E-state index >= 15 is 0 Å². The molecule has 0 saturated heterocycles. The van der Waals surface area contributed by atoms with Crippen LogP contribution in [0.25, 0.3) is 22.2 Å². The molecule has 3 aromatic rings. The summed E-state index contributed by atoms with van der Waals surface area (Å²) in [5.74, 6) is -2.67. The van der Waals surface area contributed by atoms with Gasteiger partial charge in [0, 0.05) is 16.5 Å². The van der Waals surface area contributed by atoms with E-state index < -0.39 is 11.6 Å². The lowest BCUT2D eigenvalue weighted by atomic mass is 9.97. The largest absolute Gasteiger partial charge is 0.508 e. The van der Waals surface area contributed by atoms with Gasteiger partial charge in [-0.2, -0.15) is 0 Å². The molecule has 2 aromatic carbocycles. The highest BCUT2D eigenvalue weighted by atomic mass is 19.2. The van der Waals surface area contributed by atoms with Crippen LogP contribution in [0, 0.1) is 11.6 Å². The van der Waals surface area contributed by atoms with E-state index in [1.54, 1.807) is 26.0 Å². The Morgan fingerprint density at radius 2 is 1.73 bits per heavy atom. The van der Waals surface area contributed by atoms with Gasteiger partial charge in [-0.25, -0.2) is 8.78 Å². The minimum absolute atomic E-state index is 0.0324. The van der Waals surface area contributed by atoms with Crippen LogP contribution < -0.4 is 0 Å². The smallest absolute Gasteiger partial charge is 0.168 e. The van der Waals surface area contributed by atoms with Gasteiger partial charge in [-0.05, 0) is 24.1 Å². The molecule has 5 heteroatoms. The van der Waals surface area contributed by atoms with Gasteiger partial charge in [0.25, 0.3) is 0 Å². The van der Waals surface area contributed by atoms with Crippen molar-refractivity contribution in [3.05, 3.63) is 53.6 Å². The van der Waals surface area contributed by atoms with Crippen LogP contribution in [0.15, 0.2) is 36.4 Å². The van der Waals surface area contributed by atoms with Crippen molar-refractivity contribution in [1.29, 1.82) is 0 Å². The Morgan fingerprint density at radius 3 is 2.45 bits per heavy atom. The summed E-state index contributed by atoms with van der Waals surface area (Å²) in [6, 6.07) is 10.1. The van der Waals surface area contributed by atoms with E-state index in [0.717, 1.165) is 5.39 Å². The minimum atomic E-state index is -1.04. The van der Waals surface area contributed by atoms with Crippen LogP contribution in [-0.2, 0) is 0 Å². The number of phenolic OH excluding ortho intramolecular Hbond substituents is 1. The zero-order valence-corrected chi connectivity index (χ0v) is 12.1. The highest BCUT2D eigenvalue weighted by molar-refractivity contribution is 5.82. The van der Waals surface area contributed by atoms with Crippen LogP contribution in [0.3, 0.4) is 0 Å². The molecule has 0 aliphatic rings. The topological polar surface area (TPSA) is 46.0 Å². The fraction of sp³-hybridized carbons (Fsp3) is 0.176. The molecule has 0 bridgehead atoms. The van der Waals surface area contributed by atoms with Crippen LogP contribution in [0.5, 0.6) is 5.75 Å². The van der Waals surface area contributed by atoms with E-state index in [4.69, 9.17) is 0 Å². The summed E-state index contributed by atoms with van der Waals surface area (Å²) >= 11 is 0. The predicted octanol–water partition coefficient (Wildman–Crippen LogP) is 4.40. The van der Waals surface area contributed by atoms with Crippen molar-refractivity contribution >= 4 is 10.9 Å². The molecule has 3 rings (SSSR count). The van der Waals surface area contributed by atoms with Crippen molar-refractivity contribution in [3.63, 3.8) is 0 Å². The van der Waals surface area contributed by atoms with Gasteiger partial charge >= 0.3 is 0 Å². The maximum atomic E-state index is 14.3. The Morgan fingerprint density at radius 1 is 1.00 bits per heavy atom. The fourth-order valence-electron chi connectivity index (χ4n) is 2.48. The van der Waals surface area contributed by atoms with Crippen LogP contribution in [0.1, 0.15) is 25.3 Å². The van der Waals surface area contributed by atoms with Crippen molar-refractivity contribution in [2.24, 2.45) is 0 Å². The molecule has 0 fully saturated rings. The van der Waals surface area contributed by atoms with Crippen LogP contribution in [0.4, 0.5) is 8.78 Å². The molecule has 0 atom stereocenters. The van der Waals surface area contributed by atoms with E-state index in [1.807, 2.05) is 18.2 Å². The number of rotatable bonds is 2. The molecule has 1 aromatic heterocycles. The van der Waals surface area contributed by atoms with Gasteiger partial charge in [-0.1, -0.05) is 32.0 Å². The number of fused-ring (bicyclic) bond motifs is 1. The molecule has 1 N–H and O–H groups in total.